The molecule has 1 heterocycles. The molecule has 0 saturated carbocycles. The molecule has 0 atom stereocenters. The number of rotatable bonds is 3. The molecule has 2 nitrogen and oxygen atoms in total. The lowest BCUT2D eigenvalue weighted by Gasteiger charge is -1.95. The number of halogens is 1. The largest absolute Gasteiger partial charge is 0.396 e. The van der Waals surface area contributed by atoms with Gasteiger partial charge in [0.25, 0.3) is 0 Å². The minimum atomic E-state index is 0.146. The van der Waals surface area contributed by atoms with Crippen LogP contribution in [-0.2, 0) is 6.42 Å². The Morgan fingerprint density at radius 1 is 1.27 bits per heavy atom. The number of aliphatic hydroxyl groups excluding tert-OH is 1. The molecule has 1 aromatic carbocycles. The van der Waals surface area contributed by atoms with E-state index in [1.807, 2.05) is 29.6 Å². The number of benzene rings is 1. The molecular formula is C11H10ClNOS. The van der Waals surface area contributed by atoms with Gasteiger partial charge in [0.05, 0.1) is 10.7 Å². The second-order valence-electron chi connectivity index (χ2n) is 3.11. The average Bonchev–Trinajstić information content (AvgIpc) is 2.68. The van der Waals surface area contributed by atoms with Crippen molar-refractivity contribution in [2.24, 2.45) is 0 Å². The summed E-state index contributed by atoms with van der Waals surface area (Å²) < 4.78 is 0. The third kappa shape index (κ3) is 2.56. The number of nitrogens with zero attached hydrogens (tertiary/aromatic N) is 1. The molecule has 0 aliphatic carbocycles. The third-order valence-electron chi connectivity index (χ3n) is 2.02. The van der Waals surface area contributed by atoms with E-state index in [4.69, 9.17) is 16.7 Å². The first-order valence-corrected chi connectivity index (χ1v) is 5.86. The van der Waals surface area contributed by atoms with Crippen molar-refractivity contribution >= 4 is 22.9 Å². The smallest absolute Gasteiger partial charge is 0.0955 e. The first-order chi connectivity index (χ1) is 7.29. The molecule has 78 valence electrons. The standard InChI is InChI=1S/C11H10ClNOS/c12-9-3-1-8(2-4-9)10-7-15-11(13-10)5-6-14/h1-4,7,14H,5-6H2. The van der Waals surface area contributed by atoms with Crippen LogP contribution in [0.5, 0.6) is 0 Å². The lowest BCUT2D eigenvalue weighted by Crippen LogP contribution is -1.88. The van der Waals surface area contributed by atoms with Gasteiger partial charge >= 0.3 is 0 Å². The fourth-order valence-corrected chi connectivity index (χ4v) is 2.20. The van der Waals surface area contributed by atoms with Crippen molar-refractivity contribution in [2.75, 3.05) is 6.61 Å². The minimum Gasteiger partial charge on any atom is -0.396 e. The van der Waals surface area contributed by atoms with Crippen LogP contribution in [0.25, 0.3) is 11.3 Å². The summed E-state index contributed by atoms with van der Waals surface area (Å²) in [5, 5.41) is 12.5. The van der Waals surface area contributed by atoms with E-state index in [0.29, 0.717) is 6.42 Å². The molecule has 15 heavy (non-hydrogen) atoms. The van der Waals surface area contributed by atoms with Crippen molar-refractivity contribution in [3.05, 3.63) is 39.7 Å². The fraction of sp³-hybridized carbons (Fsp3) is 0.182. The quantitative estimate of drug-likeness (QED) is 0.893. The predicted octanol–water partition coefficient (Wildman–Crippen LogP) is 3.00. The fourth-order valence-electron chi connectivity index (χ4n) is 1.27. The van der Waals surface area contributed by atoms with Crippen molar-refractivity contribution in [1.29, 1.82) is 0 Å². The predicted molar refractivity (Wildman–Crippen MR) is 63.3 cm³/mol. The van der Waals surface area contributed by atoms with E-state index in [9.17, 15) is 0 Å². The van der Waals surface area contributed by atoms with E-state index in [1.54, 1.807) is 11.3 Å². The van der Waals surface area contributed by atoms with E-state index >= 15 is 0 Å². The first-order valence-electron chi connectivity index (χ1n) is 4.61. The van der Waals surface area contributed by atoms with Crippen LogP contribution in [0, 0.1) is 0 Å². The van der Waals surface area contributed by atoms with E-state index in [1.165, 1.54) is 0 Å². The van der Waals surface area contributed by atoms with Gasteiger partial charge in [0.2, 0.25) is 0 Å². The molecule has 1 N–H and O–H groups in total. The zero-order chi connectivity index (χ0) is 10.7. The Morgan fingerprint density at radius 2 is 2.00 bits per heavy atom. The van der Waals surface area contributed by atoms with Crippen LogP contribution in [0.15, 0.2) is 29.6 Å². The molecule has 4 heteroatoms. The van der Waals surface area contributed by atoms with Gasteiger partial charge in [-0.25, -0.2) is 4.98 Å². The summed E-state index contributed by atoms with van der Waals surface area (Å²) >= 11 is 7.37. The van der Waals surface area contributed by atoms with Gasteiger partial charge in [-0.15, -0.1) is 11.3 Å². The second-order valence-corrected chi connectivity index (χ2v) is 4.49. The molecule has 0 saturated heterocycles. The van der Waals surface area contributed by atoms with Gasteiger partial charge < -0.3 is 5.11 Å². The van der Waals surface area contributed by atoms with Crippen LogP contribution in [-0.4, -0.2) is 16.7 Å². The maximum absolute atomic E-state index is 8.79. The van der Waals surface area contributed by atoms with Crippen LogP contribution in [0.4, 0.5) is 0 Å². The Hall–Kier alpha value is -0.900. The Kier molecular flexibility index (Phi) is 3.36. The van der Waals surface area contributed by atoms with E-state index < -0.39 is 0 Å². The molecule has 1 aromatic heterocycles. The molecular weight excluding hydrogens is 230 g/mol. The number of hydrogen-bond donors (Lipinski definition) is 1. The van der Waals surface area contributed by atoms with Gasteiger partial charge in [0.1, 0.15) is 0 Å². The van der Waals surface area contributed by atoms with Crippen LogP contribution in [0.3, 0.4) is 0 Å². The number of aromatic nitrogens is 1. The minimum absolute atomic E-state index is 0.146. The van der Waals surface area contributed by atoms with Gasteiger partial charge in [0, 0.05) is 29.0 Å². The van der Waals surface area contributed by atoms with Crippen molar-refractivity contribution in [1.82, 2.24) is 4.98 Å². The molecule has 0 amide bonds. The summed E-state index contributed by atoms with van der Waals surface area (Å²) in [7, 11) is 0. The molecule has 0 aliphatic rings. The summed E-state index contributed by atoms with van der Waals surface area (Å²) in [5.41, 5.74) is 2.00. The van der Waals surface area contributed by atoms with Crippen LogP contribution in [0.1, 0.15) is 5.01 Å². The topological polar surface area (TPSA) is 33.1 Å². The Morgan fingerprint density at radius 3 is 2.67 bits per heavy atom. The summed E-state index contributed by atoms with van der Waals surface area (Å²) in [6, 6.07) is 7.59. The Labute approximate surface area is 97.2 Å². The van der Waals surface area contributed by atoms with Gasteiger partial charge in [-0.05, 0) is 12.1 Å². The van der Waals surface area contributed by atoms with Crippen molar-refractivity contribution in [3.63, 3.8) is 0 Å². The highest BCUT2D eigenvalue weighted by molar-refractivity contribution is 7.09. The molecule has 0 spiro atoms. The number of aliphatic hydroxyl groups is 1. The number of hydrogen-bond acceptors (Lipinski definition) is 3. The zero-order valence-corrected chi connectivity index (χ0v) is 9.55. The van der Waals surface area contributed by atoms with Gasteiger partial charge in [-0.1, -0.05) is 23.7 Å². The van der Waals surface area contributed by atoms with E-state index in [2.05, 4.69) is 4.98 Å². The molecule has 0 unspecified atom stereocenters. The average molecular weight is 240 g/mol. The Balaban J connectivity index is 2.25. The molecule has 0 radical (unpaired) electrons. The molecule has 0 fully saturated rings. The highest BCUT2D eigenvalue weighted by atomic mass is 35.5. The normalized spacial score (nSPS) is 10.5. The highest BCUT2D eigenvalue weighted by Crippen LogP contribution is 2.23. The highest BCUT2D eigenvalue weighted by Gasteiger charge is 2.03. The van der Waals surface area contributed by atoms with Crippen molar-refractivity contribution < 1.29 is 5.11 Å². The SMILES string of the molecule is OCCc1nc(-c2ccc(Cl)cc2)cs1. The molecule has 0 aliphatic heterocycles. The summed E-state index contributed by atoms with van der Waals surface area (Å²) in [6.45, 7) is 0.146. The Bertz CT molecular complexity index is 438. The van der Waals surface area contributed by atoms with E-state index in [0.717, 1.165) is 21.3 Å². The van der Waals surface area contributed by atoms with Crippen molar-refractivity contribution in [3.8, 4) is 11.3 Å². The molecule has 2 rings (SSSR count). The second kappa shape index (κ2) is 4.75. The van der Waals surface area contributed by atoms with Crippen LogP contribution < -0.4 is 0 Å². The van der Waals surface area contributed by atoms with Crippen molar-refractivity contribution in [2.45, 2.75) is 6.42 Å². The van der Waals surface area contributed by atoms with E-state index in [-0.39, 0.29) is 6.61 Å². The molecule has 0 bridgehead atoms. The monoisotopic (exact) mass is 239 g/mol. The van der Waals surface area contributed by atoms with Gasteiger partial charge in [0.15, 0.2) is 0 Å². The lowest BCUT2D eigenvalue weighted by molar-refractivity contribution is 0.299. The van der Waals surface area contributed by atoms with Crippen LogP contribution in [0.2, 0.25) is 5.02 Å². The van der Waals surface area contributed by atoms with Gasteiger partial charge in [-0.2, -0.15) is 0 Å². The summed E-state index contributed by atoms with van der Waals surface area (Å²) in [6.07, 6.45) is 0.623. The zero-order valence-electron chi connectivity index (χ0n) is 7.98. The maximum Gasteiger partial charge on any atom is 0.0955 e. The van der Waals surface area contributed by atoms with Crippen LogP contribution >= 0.6 is 22.9 Å². The van der Waals surface area contributed by atoms with Gasteiger partial charge in [-0.3, -0.25) is 0 Å². The third-order valence-corrected chi connectivity index (χ3v) is 3.18. The maximum atomic E-state index is 8.79. The lowest BCUT2D eigenvalue weighted by atomic mass is 10.2. The summed E-state index contributed by atoms with van der Waals surface area (Å²) in [5.74, 6) is 0. The summed E-state index contributed by atoms with van der Waals surface area (Å²) in [4.78, 5) is 4.42. The molecule has 2 aromatic rings. The number of thiazole rings is 1. The first kappa shape index (κ1) is 10.6.